The summed E-state index contributed by atoms with van der Waals surface area (Å²) in [6, 6.07) is 0. The molecule has 2 atom stereocenters. The maximum absolute atomic E-state index is 5.69. The summed E-state index contributed by atoms with van der Waals surface area (Å²) >= 11 is 0. The molecule has 2 rings (SSSR count). The predicted molar refractivity (Wildman–Crippen MR) is 39.0 cm³/mol. The molecule has 2 fully saturated rings. The highest BCUT2D eigenvalue weighted by molar-refractivity contribution is 4.83. The van der Waals surface area contributed by atoms with Crippen LogP contribution in [-0.4, -0.2) is 50.3 Å². The molecule has 0 saturated carbocycles. The predicted octanol–water partition coefficient (Wildman–Crippen LogP) is -0.711. The van der Waals surface area contributed by atoms with Crippen molar-refractivity contribution >= 4 is 0 Å². The summed E-state index contributed by atoms with van der Waals surface area (Å²) in [5.74, 6) is 0. The molecular weight excluding hydrogens is 128 g/mol. The SMILES string of the molecule is CN1C[C@H]2CNC[C@@H](C1)O2. The van der Waals surface area contributed by atoms with Crippen LogP contribution in [0.1, 0.15) is 0 Å². The second kappa shape index (κ2) is 2.49. The Labute approximate surface area is 61.3 Å². The van der Waals surface area contributed by atoms with Crippen LogP contribution in [0.15, 0.2) is 0 Å². The Bertz CT molecular complexity index is 113. The van der Waals surface area contributed by atoms with Crippen LogP contribution in [0.4, 0.5) is 0 Å². The largest absolute Gasteiger partial charge is 0.370 e. The maximum atomic E-state index is 5.69. The molecule has 0 aromatic heterocycles. The van der Waals surface area contributed by atoms with E-state index in [9.17, 15) is 0 Å². The number of ether oxygens (including phenoxy) is 1. The van der Waals surface area contributed by atoms with Crippen LogP contribution >= 0.6 is 0 Å². The maximum Gasteiger partial charge on any atom is 0.0831 e. The third-order valence-electron chi connectivity index (χ3n) is 2.16. The minimum atomic E-state index is 0.442. The second-order valence-corrected chi connectivity index (χ2v) is 3.26. The zero-order chi connectivity index (χ0) is 6.97. The summed E-state index contributed by atoms with van der Waals surface area (Å²) in [5.41, 5.74) is 0. The van der Waals surface area contributed by atoms with Crippen LogP contribution in [0.5, 0.6) is 0 Å². The Hall–Kier alpha value is -0.120. The van der Waals surface area contributed by atoms with E-state index in [0.29, 0.717) is 12.2 Å². The van der Waals surface area contributed by atoms with Crippen LogP contribution in [0, 0.1) is 0 Å². The number of nitrogens with one attached hydrogen (secondary N) is 1. The Kier molecular flexibility index (Phi) is 1.64. The van der Waals surface area contributed by atoms with Crippen LogP contribution < -0.4 is 5.32 Å². The van der Waals surface area contributed by atoms with E-state index in [0.717, 1.165) is 26.2 Å². The van der Waals surface area contributed by atoms with E-state index < -0.39 is 0 Å². The summed E-state index contributed by atoms with van der Waals surface area (Å²) in [6.45, 7) is 4.23. The van der Waals surface area contributed by atoms with Gasteiger partial charge in [0, 0.05) is 26.2 Å². The molecule has 1 N–H and O–H groups in total. The zero-order valence-electron chi connectivity index (χ0n) is 6.34. The van der Waals surface area contributed by atoms with Crippen LogP contribution in [0.2, 0.25) is 0 Å². The summed E-state index contributed by atoms with van der Waals surface area (Å²) in [4.78, 5) is 2.35. The molecule has 0 spiro atoms. The van der Waals surface area contributed by atoms with Crippen molar-refractivity contribution in [2.45, 2.75) is 12.2 Å². The Balaban J connectivity index is 1.98. The highest BCUT2D eigenvalue weighted by Crippen LogP contribution is 2.11. The fraction of sp³-hybridized carbons (Fsp3) is 1.00. The van der Waals surface area contributed by atoms with E-state index in [4.69, 9.17) is 4.74 Å². The molecule has 2 aliphatic rings. The topological polar surface area (TPSA) is 24.5 Å². The third kappa shape index (κ3) is 1.17. The Morgan fingerprint density at radius 1 is 1.30 bits per heavy atom. The van der Waals surface area contributed by atoms with Gasteiger partial charge in [-0.1, -0.05) is 0 Å². The zero-order valence-corrected chi connectivity index (χ0v) is 6.34. The van der Waals surface area contributed by atoms with E-state index >= 15 is 0 Å². The van der Waals surface area contributed by atoms with Crippen molar-refractivity contribution < 1.29 is 4.74 Å². The number of morpholine rings is 2. The van der Waals surface area contributed by atoms with Gasteiger partial charge in [-0.15, -0.1) is 0 Å². The summed E-state index contributed by atoms with van der Waals surface area (Å²) in [7, 11) is 2.16. The van der Waals surface area contributed by atoms with Gasteiger partial charge in [0.05, 0.1) is 12.2 Å². The van der Waals surface area contributed by atoms with Crippen LogP contribution in [-0.2, 0) is 4.74 Å². The lowest BCUT2D eigenvalue weighted by Gasteiger charge is -2.40. The van der Waals surface area contributed by atoms with Crippen LogP contribution in [0.25, 0.3) is 0 Å². The summed E-state index contributed by atoms with van der Waals surface area (Å²) < 4.78 is 5.69. The van der Waals surface area contributed by atoms with E-state index in [2.05, 4.69) is 17.3 Å². The van der Waals surface area contributed by atoms with Gasteiger partial charge in [0.25, 0.3) is 0 Å². The number of fused-ring (bicyclic) bond motifs is 2. The minimum Gasteiger partial charge on any atom is -0.370 e. The lowest BCUT2D eigenvalue weighted by molar-refractivity contribution is -0.0962. The van der Waals surface area contributed by atoms with Gasteiger partial charge < -0.3 is 15.0 Å². The molecule has 10 heavy (non-hydrogen) atoms. The van der Waals surface area contributed by atoms with E-state index in [-0.39, 0.29) is 0 Å². The Morgan fingerprint density at radius 2 is 1.90 bits per heavy atom. The Morgan fingerprint density at radius 3 is 2.50 bits per heavy atom. The van der Waals surface area contributed by atoms with E-state index in [1.807, 2.05) is 0 Å². The number of nitrogens with zero attached hydrogens (tertiary/aromatic N) is 1. The molecule has 3 nitrogen and oxygen atoms in total. The number of rotatable bonds is 0. The first-order chi connectivity index (χ1) is 4.84. The monoisotopic (exact) mass is 142 g/mol. The normalized spacial score (nSPS) is 41.7. The molecule has 0 aliphatic carbocycles. The number of likely N-dealkylation sites (N-methyl/N-ethyl adjacent to an activating group) is 1. The van der Waals surface area contributed by atoms with Gasteiger partial charge in [-0.25, -0.2) is 0 Å². The van der Waals surface area contributed by atoms with Crippen molar-refractivity contribution in [2.75, 3.05) is 33.2 Å². The minimum absolute atomic E-state index is 0.442. The molecule has 0 amide bonds. The highest BCUT2D eigenvalue weighted by atomic mass is 16.5. The average Bonchev–Trinajstić information content (AvgIpc) is 1.85. The molecule has 2 aliphatic heterocycles. The molecule has 0 aromatic rings. The quantitative estimate of drug-likeness (QED) is 0.483. The first kappa shape index (κ1) is 6.58. The van der Waals surface area contributed by atoms with Gasteiger partial charge in [-0.05, 0) is 7.05 Å². The van der Waals surface area contributed by atoms with Crippen molar-refractivity contribution in [1.82, 2.24) is 10.2 Å². The average molecular weight is 142 g/mol. The standard InChI is InChI=1S/C7H14N2O/c1-9-4-6-2-8-3-7(5-9)10-6/h6-8H,2-5H2,1H3/t6-,7+. The molecule has 0 radical (unpaired) electrons. The lowest BCUT2D eigenvalue weighted by Crippen LogP contribution is -2.57. The van der Waals surface area contributed by atoms with Gasteiger partial charge >= 0.3 is 0 Å². The lowest BCUT2D eigenvalue weighted by atomic mass is 10.1. The summed E-state index contributed by atoms with van der Waals surface area (Å²) in [5, 5.41) is 3.36. The van der Waals surface area contributed by atoms with Gasteiger partial charge in [0.15, 0.2) is 0 Å². The highest BCUT2D eigenvalue weighted by Gasteiger charge is 2.28. The first-order valence-electron chi connectivity index (χ1n) is 3.89. The fourth-order valence-electron chi connectivity index (χ4n) is 1.76. The molecule has 2 heterocycles. The van der Waals surface area contributed by atoms with Crippen LogP contribution in [0.3, 0.4) is 0 Å². The molecular formula is C7H14N2O. The second-order valence-electron chi connectivity index (χ2n) is 3.26. The molecule has 2 saturated heterocycles. The fourth-order valence-corrected chi connectivity index (χ4v) is 1.76. The number of hydrogen-bond donors (Lipinski definition) is 1. The van der Waals surface area contributed by atoms with Crippen molar-refractivity contribution in [2.24, 2.45) is 0 Å². The summed E-state index contributed by atoms with van der Waals surface area (Å²) in [6.07, 6.45) is 0.884. The van der Waals surface area contributed by atoms with E-state index in [1.54, 1.807) is 0 Å². The van der Waals surface area contributed by atoms with Crippen molar-refractivity contribution in [3.05, 3.63) is 0 Å². The molecule has 0 unspecified atom stereocenters. The third-order valence-corrected chi connectivity index (χ3v) is 2.16. The van der Waals surface area contributed by atoms with Crippen molar-refractivity contribution in [3.8, 4) is 0 Å². The first-order valence-corrected chi connectivity index (χ1v) is 3.89. The van der Waals surface area contributed by atoms with Gasteiger partial charge in [-0.2, -0.15) is 0 Å². The number of hydrogen-bond acceptors (Lipinski definition) is 3. The molecule has 3 heteroatoms. The van der Waals surface area contributed by atoms with Gasteiger partial charge in [0.2, 0.25) is 0 Å². The molecule has 58 valence electrons. The van der Waals surface area contributed by atoms with Gasteiger partial charge in [0.1, 0.15) is 0 Å². The van der Waals surface area contributed by atoms with Crippen molar-refractivity contribution in [3.63, 3.8) is 0 Å². The molecule has 2 bridgehead atoms. The smallest absolute Gasteiger partial charge is 0.0831 e. The van der Waals surface area contributed by atoms with E-state index in [1.165, 1.54) is 0 Å². The molecule has 0 aromatic carbocycles. The van der Waals surface area contributed by atoms with Gasteiger partial charge in [-0.3, -0.25) is 0 Å². The van der Waals surface area contributed by atoms with Crippen molar-refractivity contribution in [1.29, 1.82) is 0 Å².